The molecule has 1 aliphatic rings. The second-order valence-electron chi connectivity index (χ2n) is 9.16. The third kappa shape index (κ3) is 6.97. The minimum absolute atomic E-state index is 0.0500. The quantitative estimate of drug-likeness (QED) is 0.491. The molecule has 0 bridgehead atoms. The number of alkyl halides is 6. The van der Waals surface area contributed by atoms with Crippen molar-refractivity contribution in [2.45, 2.75) is 57.2 Å². The third-order valence-electron chi connectivity index (χ3n) is 6.11. The van der Waals surface area contributed by atoms with Gasteiger partial charge in [-0.2, -0.15) is 26.3 Å². The van der Waals surface area contributed by atoms with Crippen LogP contribution in [0.3, 0.4) is 0 Å². The Morgan fingerprint density at radius 1 is 0.947 bits per heavy atom. The molecule has 1 fully saturated rings. The van der Waals surface area contributed by atoms with Crippen molar-refractivity contribution in [3.63, 3.8) is 0 Å². The summed E-state index contributed by atoms with van der Waals surface area (Å²) in [5.74, 6) is -2.11. The van der Waals surface area contributed by atoms with Gasteiger partial charge in [0.25, 0.3) is 5.91 Å². The molecule has 1 aliphatic heterocycles. The highest BCUT2D eigenvalue weighted by Crippen LogP contribution is 2.38. The van der Waals surface area contributed by atoms with Crippen LogP contribution in [0.5, 0.6) is 0 Å². The minimum Gasteiger partial charge on any atom is -0.353 e. The molecule has 1 heterocycles. The average molecular weight is 564 g/mol. The number of carbonyl (C=O) groups excluding carboxylic acids is 3. The van der Waals surface area contributed by atoms with Crippen LogP contribution in [0.4, 0.5) is 26.3 Å². The molecule has 2 aromatic rings. The summed E-state index contributed by atoms with van der Waals surface area (Å²) in [6.45, 7) is 2.27. The molecule has 0 aromatic heterocycles. The summed E-state index contributed by atoms with van der Waals surface area (Å²) in [4.78, 5) is 38.8. The average Bonchev–Trinajstić information content (AvgIpc) is 2.78. The summed E-state index contributed by atoms with van der Waals surface area (Å²) in [5, 5.41) is 5.81. The Kier molecular flexibility index (Phi) is 8.35. The van der Waals surface area contributed by atoms with Crippen molar-refractivity contribution in [1.82, 2.24) is 15.5 Å². The van der Waals surface area contributed by atoms with Gasteiger partial charge in [0.05, 0.1) is 11.1 Å². The molecule has 2 aromatic carbocycles. The molecule has 0 spiro atoms. The molecule has 0 unspecified atom stereocenters. The van der Waals surface area contributed by atoms with Crippen molar-refractivity contribution in [3.8, 4) is 0 Å². The van der Waals surface area contributed by atoms with Crippen LogP contribution in [0, 0.1) is 0 Å². The number of amides is 3. The zero-order valence-corrected chi connectivity index (χ0v) is 21.0. The fourth-order valence-electron chi connectivity index (χ4n) is 4.66. The zero-order chi connectivity index (χ0) is 28.5. The van der Waals surface area contributed by atoms with E-state index in [0.717, 1.165) is 4.90 Å². The van der Waals surface area contributed by atoms with Crippen molar-refractivity contribution < 1.29 is 40.7 Å². The number of likely N-dealkylation sites (tertiary alicyclic amines) is 1. The number of benzene rings is 2. The van der Waals surface area contributed by atoms with E-state index in [-0.39, 0.29) is 37.8 Å². The number of nitrogens with zero attached hydrogens (tertiary/aromatic N) is 1. The fraction of sp³-hybridized carbons (Fsp3) is 0.400. The van der Waals surface area contributed by atoms with Crippen LogP contribution < -0.4 is 10.6 Å². The summed E-state index contributed by atoms with van der Waals surface area (Å²) in [6.07, 6.45) is -10.2. The highest BCUT2D eigenvalue weighted by Gasteiger charge is 2.47. The van der Waals surface area contributed by atoms with Crippen LogP contribution in [0.25, 0.3) is 0 Å². The summed E-state index contributed by atoms with van der Waals surface area (Å²) in [7, 11) is 0. The molecule has 38 heavy (non-hydrogen) atoms. The van der Waals surface area contributed by atoms with E-state index in [1.807, 2.05) is 0 Å². The van der Waals surface area contributed by atoms with Crippen LogP contribution in [-0.4, -0.2) is 40.9 Å². The van der Waals surface area contributed by atoms with Gasteiger partial charge in [0.2, 0.25) is 11.8 Å². The number of halogens is 7. The maximum Gasteiger partial charge on any atom is 0.416 e. The molecule has 2 atom stereocenters. The molecule has 1 saturated heterocycles. The van der Waals surface area contributed by atoms with Gasteiger partial charge in [0, 0.05) is 49.9 Å². The fourth-order valence-corrected chi connectivity index (χ4v) is 4.78. The first-order chi connectivity index (χ1) is 17.5. The Bertz CT molecular complexity index is 1180. The Hall–Kier alpha value is -3.28. The number of nitrogens with one attached hydrogen (secondary N) is 2. The van der Waals surface area contributed by atoms with E-state index in [9.17, 15) is 40.7 Å². The van der Waals surface area contributed by atoms with E-state index >= 15 is 0 Å². The van der Waals surface area contributed by atoms with Crippen LogP contribution >= 0.6 is 11.6 Å². The first-order valence-corrected chi connectivity index (χ1v) is 11.8. The van der Waals surface area contributed by atoms with Gasteiger partial charge < -0.3 is 15.5 Å². The Balaban J connectivity index is 2.15. The van der Waals surface area contributed by atoms with Crippen LogP contribution in [0.15, 0.2) is 42.5 Å². The summed E-state index contributed by atoms with van der Waals surface area (Å²) in [5.41, 5.74) is -5.12. The molecular weight excluding hydrogens is 540 g/mol. The van der Waals surface area contributed by atoms with Crippen molar-refractivity contribution in [3.05, 3.63) is 69.7 Å². The summed E-state index contributed by atoms with van der Waals surface area (Å²) < 4.78 is 80.8. The first-order valence-electron chi connectivity index (χ1n) is 11.4. The predicted molar refractivity (Wildman–Crippen MR) is 126 cm³/mol. The van der Waals surface area contributed by atoms with E-state index in [1.54, 1.807) is 24.3 Å². The topological polar surface area (TPSA) is 78.5 Å². The maximum absolute atomic E-state index is 13.7. The lowest BCUT2D eigenvalue weighted by Gasteiger charge is -2.50. The van der Waals surface area contributed by atoms with Gasteiger partial charge in [0.15, 0.2) is 0 Å². The Morgan fingerprint density at radius 2 is 1.50 bits per heavy atom. The van der Waals surface area contributed by atoms with E-state index in [4.69, 9.17) is 11.6 Å². The predicted octanol–water partition coefficient (Wildman–Crippen LogP) is 5.19. The molecule has 0 aliphatic carbocycles. The molecular formula is C25H24ClF6N3O3. The van der Waals surface area contributed by atoms with Gasteiger partial charge in [-0.15, -0.1) is 0 Å². The lowest BCUT2D eigenvalue weighted by molar-refractivity contribution is -0.143. The van der Waals surface area contributed by atoms with Gasteiger partial charge in [-0.1, -0.05) is 23.7 Å². The third-order valence-corrected chi connectivity index (χ3v) is 6.36. The van der Waals surface area contributed by atoms with Gasteiger partial charge in [-0.25, -0.2) is 0 Å². The number of hydrogen-bond acceptors (Lipinski definition) is 3. The SMILES string of the molecule is CC(=O)N[C@H]1CCN(C(=O)c2cc(C(F)(F)F)cc(C(F)(F)F)c2)[C@@](Cc2ccc(Cl)cc2)(NC(C)=O)C1. The summed E-state index contributed by atoms with van der Waals surface area (Å²) in [6, 6.07) is 6.46. The Morgan fingerprint density at radius 3 is 1.97 bits per heavy atom. The van der Waals surface area contributed by atoms with Gasteiger partial charge in [0.1, 0.15) is 5.66 Å². The highest BCUT2D eigenvalue weighted by atomic mass is 35.5. The van der Waals surface area contributed by atoms with Crippen molar-refractivity contribution in [1.29, 1.82) is 0 Å². The first kappa shape index (κ1) is 29.3. The molecule has 0 saturated carbocycles. The lowest BCUT2D eigenvalue weighted by Crippen LogP contribution is -2.68. The number of carbonyl (C=O) groups is 3. The normalized spacial score (nSPS) is 20.1. The molecule has 2 N–H and O–H groups in total. The molecule has 13 heteroatoms. The molecule has 6 nitrogen and oxygen atoms in total. The largest absolute Gasteiger partial charge is 0.416 e. The standard InChI is InChI=1S/C25H24ClF6N3O3/c1-14(36)33-21-7-8-35(23(13-21,34-15(2)37)12-16-3-5-20(26)6-4-16)22(38)17-9-18(24(27,28)29)11-19(10-17)25(30,31)32/h3-6,9-11,21H,7-8,12-13H2,1-2H3,(H,33,36)(H,34,37)/t21-,23+/m0/s1. The Labute approximate surface area is 219 Å². The zero-order valence-electron chi connectivity index (χ0n) is 20.3. The van der Waals surface area contributed by atoms with Crippen molar-refractivity contribution >= 4 is 29.3 Å². The van der Waals surface area contributed by atoms with E-state index in [0.29, 0.717) is 22.7 Å². The molecule has 0 radical (unpaired) electrons. The van der Waals surface area contributed by atoms with Gasteiger partial charge in [-0.05, 0) is 42.3 Å². The van der Waals surface area contributed by atoms with Crippen LogP contribution in [0.2, 0.25) is 5.02 Å². The number of piperidine rings is 1. The monoisotopic (exact) mass is 563 g/mol. The van der Waals surface area contributed by atoms with Crippen LogP contribution in [-0.2, 0) is 28.4 Å². The minimum atomic E-state index is -5.15. The van der Waals surface area contributed by atoms with Gasteiger partial charge in [-0.3, -0.25) is 14.4 Å². The second kappa shape index (κ2) is 10.8. The smallest absolute Gasteiger partial charge is 0.353 e. The second-order valence-corrected chi connectivity index (χ2v) is 9.59. The van der Waals surface area contributed by atoms with Crippen molar-refractivity contribution in [2.24, 2.45) is 0 Å². The molecule has 3 rings (SSSR count). The van der Waals surface area contributed by atoms with E-state index in [1.165, 1.54) is 13.8 Å². The number of hydrogen-bond donors (Lipinski definition) is 2. The number of rotatable bonds is 5. The van der Waals surface area contributed by atoms with Crippen LogP contribution in [0.1, 0.15) is 53.7 Å². The van der Waals surface area contributed by atoms with E-state index < -0.39 is 52.6 Å². The van der Waals surface area contributed by atoms with Gasteiger partial charge >= 0.3 is 12.4 Å². The van der Waals surface area contributed by atoms with Crippen molar-refractivity contribution in [2.75, 3.05) is 6.54 Å². The molecule has 3 amide bonds. The summed E-state index contributed by atoms with van der Waals surface area (Å²) >= 11 is 5.95. The lowest BCUT2D eigenvalue weighted by atomic mass is 9.84. The maximum atomic E-state index is 13.7. The van der Waals surface area contributed by atoms with E-state index in [2.05, 4.69) is 10.6 Å². The molecule has 206 valence electrons. The highest BCUT2D eigenvalue weighted by molar-refractivity contribution is 6.30.